The Labute approximate surface area is 187 Å². The maximum atomic E-state index is 12.8. The highest BCUT2D eigenvalue weighted by Crippen LogP contribution is 2.32. The van der Waals surface area contributed by atoms with Gasteiger partial charge in [0.05, 0.1) is 11.7 Å². The molecule has 1 atom stereocenters. The van der Waals surface area contributed by atoms with E-state index in [1.807, 2.05) is 24.0 Å². The van der Waals surface area contributed by atoms with E-state index in [0.717, 1.165) is 23.4 Å². The van der Waals surface area contributed by atoms with Gasteiger partial charge in [-0.1, -0.05) is 6.07 Å². The van der Waals surface area contributed by atoms with Crippen LogP contribution in [0, 0.1) is 6.92 Å². The zero-order valence-corrected chi connectivity index (χ0v) is 17.6. The van der Waals surface area contributed by atoms with Gasteiger partial charge in [0, 0.05) is 48.0 Å². The Morgan fingerprint density at radius 2 is 1.91 bits per heavy atom. The highest BCUT2D eigenvalue weighted by Gasteiger charge is 2.31. The van der Waals surface area contributed by atoms with E-state index in [-0.39, 0.29) is 11.3 Å². The lowest BCUT2D eigenvalue weighted by Gasteiger charge is -2.21. The summed E-state index contributed by atoms with van der Waals surface area (Å²) in [4.78, 5) is 23.6. The molecule has 1 aliphatic rings. The first kappa shape index (κ1) is 22.5. The second-order valence-electron chi connectivity index (χ2n) is 7.70. The molecule has 1 aromatic carbocycles. The lowest BCUT2D eigenvalue weighted by Crippen LogP contribution is -2.23. The van der Waals surface area contributed by atoms with E-state index < -0.39 is 18.4 Å². The second-order valence-corrected chi connectivity index (χ2v) is 7.70. The molecule has 172 valence electrons. The van der Waals surface area contributed by atoms with Gasteiger partial charge in [-0.05, 0) is 49.7 Å². The van der Waals surface area contributed by atoms with Gasteiger partial charge in [0.2, 0.25) is 0 Å². The van der Waals surface area contributed by atoms with Crippen LogP contribution in [0.3, 0.4) is 0 Å². The molecule has 0 saturated carbocycles. The minimum atomic E-state index is -4.79. The summed E-state index contributed by atoms with van der Waals surface area (Å²) >= 11 is 0. The summed E-state index contributed by atoms with van der Waals surface area (Å²) in [6, 6.07) is 10.3. The number of halogens is 3. The number of benzene rings is 1. The fourth-order valence-corrected chi connectivity index (χ4v) is 3.55. The number of nitrogens with one attached hydrogen (secondary N) is 1. The average Bonchev–Trinajstić information content (AvgIpc) is 3.20. The number of aryl methyl sites for hydroxylation is 1. The summed E-state index contributed by atoms with van der Waals surface area (Å²) in [6.45, 7) is 2.95. The summed E-state index contributed by atoms with van der Waals surface area (Å²) < 4.78 is 40.8. The molecular formula is C23H21F3N4O3. The molecule has 4 rings (SSSR count). The van der Waals surface area contributed by atoms with Crippen LogP contribution in [0.2, 0.25) is 0 Å². The van der Waals surface area contributed by atoms with Crippen molar-refractivity contribution < 1.29 is 27.8 Å². The number of aliphatic hydroxyl groups is 1. The maximum absolute atomic E-state index is 12.8. The molecule has 1 aliphatic heterocycles. The van der Waals surface area contributed by atoms with Crippen molar-refractivity contribution in [3.05, 3.63) is 66.1 Å². The predicted octanol–water partition coefficient (Wildman–Crippen LogP) is 4.17. The van der Waals surface area contributed by atoms with Crippen molar-refractivity contribution in [1.29, 1.82) is 0 Å². The Morgan fingerprint density at radius 3 is 2.52 bits per heavy atom. The van der Waals surface area contributed by atoms with Crippen LogP contribution in [0.1, 0.15) is 22.5 Å². The molecular weight excluding hydrogens is 437 g/mol. The highest BCUT2D eigenvalue weighted by molar-refractivity contribution is 6.05. The third-order valence-electron chi connectivity index (χ3n) is 5.16. The van der Waals surface area contributed by atoms with Crippen molar-refractivity contribution in [2.24, 2.45) is 0 Å². The number of alkyl halides is 3. The van der Waals surface area contributed by atoms with Gasteiger partial charge in [0.1, 0.15) is 11.6 Å². The van der Waals surface area contributed by atoms with E-state index >= 15 is 0 Å². The van der Waals surface area contributed by atoms with Crippen molar-refractivity contribution >= 4 is 17.4 Å². The number of rotatable bonds is 5. The molecule has 3 aromatic rings. The smallest absolute Gasteiger partial charge is 0.406 e. The van der Waals surface area contributed by atoms with E-state index in [4.69, 9.17) is 0 Å². The molecule has 0 unspecified atom stereocenters. The molecule has 3 heterocycles. The molecule has 33 heavy (non-hydrogen) atoms. The van der Waals surface area contributed by atoms with Gasteiger partial charge in [0.15, 0.2) is 0 Å². The predicted molar refractivity (Wildman–Crippen MR) is 116 cm³/mol. The zero-order chi connectivity index (χ0) is 23.6. The number of nitrogens with zero attached hydrogens (tertiary/aromatic N) is 3. The Morgan fingerprint density at radius 1 is 1.15 bits per heavy atom. The molecule has 0 aliphatic carbocycles. The number of aliphatic hydroxyl groups excluding tert-OH is 1. The first-order valence-corrected chi connectivity index (χ1v) is 10.2. The van der Waals surface area contributed by atoms with Gasteiger partial charge in [-0.15, -0.1) is 13.2 Å². The van der Waals surface area contributed by atoms with Gasteiger partial charge in [-0.2, -0.15) is 0 Å². The average molecular weight is 458 g/mol. The van der Waals surface area contributed by atoms with E-state index in [2.05, 4.69) is 20.0 Å². The van der Waals surface area contributed by atoms with Crippen molar-refractivity contribution in [3.63, 3.8) is 0 Å². The van der Waals surface area contributed by atoms with E-state index in [1.165, 1.54) is 18.3 Å². The van der Waals surface area contributed by atoms with Crippen LogP contribution in [-0.2, 0) is 0 Å². The molecule has 0 spiro atoms. The van der Waals surface area contributed by atoms with Crippen molar-refractivity contribution in [2.45, 2.75) is 25.8 Å². The summed E-state index contributed by atoms with van der Waals surface area (Å²) in [5.74, 6) is -0.211. The fraction of sp³-hybridized carbons (Fsp3) is 0.261. The normalized spacial score (nSPS) is 16.0. The number of anilines is 2. The van der Waals surface area contributed by atoms with Crippen molar-refractivity contribution in [2.75, 3.05) is 23.3 Å². The second kappa shape index (κ2) is 9.07. The number of carbonyl (C=O) groups is 1. The highest BCUT2D eigenvalue weighted by atomic mass is 19.4. The van der Waals surface area contributed by atoms with Crippen LogP contribution in [-0.4, -0.2) is 46.5 Å². The van der Waals surface area contributed by atoms with Crippen LogP contribution >= 0.6 is 0 Å². The maximum Gasteiger partial charge on any atom is 0.573 e. The Kier molecular flexibility index (Phi) is 6.19. The van der Waals surface area contributed by atoms with Crippen molar-refractivity contribution in [1.82, 2.24) is 9.97 Å². The standard InChI is InChI=1S/C23H21F3N4O3/c1-14-2-3-15(11-27-14)20-10-16(12-28-21(20)30-9-8-18(31)13-30)22(32)29-17-4-6-19(7-5-17)33-23(24,25)26/h2-7,10-12,18,31H,8-9,13H2,1H3,(H,29,32)/t18-/m0/s1. The SMILES string of the molecule is Cc1ccc(-c2cc(C(=O)Nc3ccc(OC(F)(F)F)cc3)cnc2N2CC[C@H](O)C2)cn1. The number of hydrogen-bond donors (Lipinski definition) is 2. The Hall–Kier alpha value is -3.66. The molecule has 0 bridgehead atoms. The monoisotopic (exact) mass is 458 g/mol. The first-order chi connectivity index (χ1) is 15.7. The van der Waals surface area contributed by atoms with Crippen LogP contribution in [0.5, 0.6) is 5.75 Å². The van der Waals surface area contributed by atoms with Crippen LogP contribution in [0.4, 0.5) is 24.7 Å². The minimum Gasteiger partial charge on any atom is -0.406 e. The number of amides is 1. The third-order valence-corrected chi connectivity index (χ3v) is 5.16. The lowest BCUT2D eigenvalue weighted by molar-refractivity contribution is -0.274. The van der Waals surface area contributed by atoms with Crippen LogP contribution in [0.15, 0.2) is 54.9 Å². The molecule has 1 fully saturated rings. The molecule has 10 heteroatoms. The fourth-order valence-electron chi connectivity index (χ4n) is 3.55. The zero-order valence-electron chi connectivity index (χ0n) is 17.6. The van der Waals surface area contributed by atoms with Gasteiger partial charge in [0.25, 0.3) is 5.91 Å². The number of hydrogen-bond acceptors (Lipinski definition) is 6. The quantitative estimate of drug-likeness (QED) is 0.597. The number of aromatic nitrogens is 2. The Bertz CT molecular complexity index is 1140. The van der Waals surface area contributed by atoms with E-state index in [1.54, 1.807) is 12.3 Å². The molecule has 1 saturated heterocycles. The summed E-state index contributed by atoms with van der Waals surface area (Å²) in [5, 5.41) is 12.6. The summed E-state index contributed by atoms with van der Waals surface area (Å²) in [7, 11) is 0. The third kappa shape index (κ3) is 5.58. The molecule has 0 radical (unpaired) electrons. The minimum absolute atomic E-state index is 0.268. The van der Waals surface area contributed by atoms with Gasteiger partial charge < -0.3 is 20.1 Å². The van der Waals surface area contributed by atoms with Gasteiger partial charge in [-0.25, -0.2) is 4.98 Å². The Balaban J connectivity index is 1.59. The van der Waals surface area contributed by atoms with E-state index in [9.17, 15) is 23.1 Å². The summed E-state index contributed by atoms with van der Waals surface area (Å²) in [5.41, 5.74) is 2.88. The summed E-state index contributed by atoms with van der Waals surface area (Å²) in [6.07, 6.45) is -1.47. The molecule has 2 aromatic heterocycles. The number of pyridine rings is 2. The van der Waals surface area contributed by atoms with Crippen LogP contribution < -0.4 is 15.0 Å². The molecule has 2 N–H and O–H groups in total. The van der Waals surface area contributed by atoms with Gasteiger partial charge >= 0.3 is 6.36 Å². The molecule has 1 amide bonds. The number of ether oxygens (including phenoxy) is 1. The first-order valence-electron chi connectivity index (χ1n) is 10.2. The topological polar surface area (TPSA) is 87.6 Å². The van der Waals surface area contributed by atoms with Gasteiger partial charge in [-0.3, -0.25) is 9.78 Å². The number of carbonyl (C=O) groups excluding carboxylic acids is 1. The largest absolute Gasteiger partial charge is 0.573 e. The lowest BCUT2D eigenvalue weighted by atomic mass is 10.1. The number of β-amino-alcohol motifs (C(OH)–C–C–N with tert-alkyl or cyclic N) is 1. The molecule has 7 nitrogen and oxygen atoms in total. The van der Waals surface area contributed by atoms with E-state index in [0.29, 0.717) is 36.6 Å². The van der Waals surface area contributed by atoms with Crippen LogP contribution in [0.25, 0.3) is 11.1 Å². The van der Waals surface area contributed by atoms with Crippen molar-refractivity contribution in [3.8, 4) is 16.9 Å².